The molecule has 2 aliphatic heterocycles. The monoisotopic (exact) mass is 428 g/mol. The Labute approximate surface area is 180 Å². The molecule has 1 N–H and O–H groups in total. The lowest BCUT2D eigenvalue weighted by atomic mass is 10.0. The fraction of sp³-hybridized carbons (Fsp3) is 0.364. The Hall–Kier alpha value is -2.93. The number of halogens is 1. The van der Waals surface area contributed by atoms with Gasteiger partial charge in [0.1, 0.15) is 17.8 Å². The predicted octanol–water partition coefficient (Wildman–Crippen LogP) is 4.20. The Balaban J connectivity index is 1.70. The zero-order chi connectivity index (χ0) is 21.4. The Morgan fingerprint density at radius 1 is 1.37 bits per heavy atom. The molecule has 2 aliphatic rings. The van der Waals surface area contributed by atoms with E-state index in [1.807, 2.05) is 25.3 Å². The van der Waals surface area contributed by atoms with E-state index in [2.05, 4.69) is 35.6 Å². The van der Waals surface area contributed by atoms with E-state index in [9.17, 15) is 4.79 Å². The largest absolute Gasteiger partial charge is 0.482 e. The van der Waals surface area contributed by atoms with Gasteiger partial charge in [0.05, 0.1) is 10.5 Å². The van der Waals surface area contributed by atoms with E-state index in [4.69, 9.17) is 25.7 Å². The van der Waals surface area contributed by atoms with Crippen LogP contribution in [0.25, 0.3) is 11.1 Å². The van der Waals surface area contributed by atoms with Crippen molar-refractivity contribution in [3.05, 3.63) is 63.0 Å². The smallest absolute Gasteiger partial charge is 0.417 e. The van der Waals surface area contributed by atoms with Gasteiger partial charge in [0, 0.05) is 31.4 Å². The first-order chi connectivity index (χ1) is 14.4. The first-order valence-electron chi connectivity index (χ1n) is 10.1. The number of nitrogens with one attached hydrogen (secondary N) is 1. The molecule has 1 unspecified atom stereocenters. The average molecular weight is 429 g/mol. The molecule has 1 aromatic carbocycles. The number of rotatable bonds is 6. The molecule has 0 saturated heterocycles. The number of benzene rings is 1. The van der Waals surface area contributed by atoms with Crippen LogP contribution in [0, 0.1) is 0 Å². The highest BCUT2D eigenvalue weighted by atomic mass is 35.5. The lowest BCUT2D eigenvalue weighted by molar-refractivity contribution is 0.260. The van der Waals surface area contributed by atoms with Crippen LogP contribution in [0.4, 0.5) is 0 Å². The zero-order valence-corrected chi connectivity index (χ0v) is 18.3. The third-order valence-electron chi connectivity index (χ3n) is 5.32. The van der Waals surface area contributed by atoms with Gasteiger partial charge in [0.25, 0.3) is 0 Å². The number of hydrogen-bond acceptors (Lipinski definition) is 6. The van der Waals surface area contributed by atoms with Crippen LogP contribution in [-0.2, 0) is 0 Å². The molecule has 1 aromatic heterocycles. The first-order valence-corrected chi connectivity index (χ1v) is 10.5. The van der Waals surface area contributed by atoms with E-state index in [0.717, 1.165) is 30.3 Å². The number of amidine groups is 1. The van der Waals surface area contributed by atoms with Crippen LogP contribution in [0.1, 0.15) is 27.7 Å². The van der Waals surface area contributed by atoms with Crippen LogP contribution in [0.5, 0.6) is 5.75 Å². The minimum atomic E-state index is -0.510. The van der Waals surface area contributed by atoms with E-state index in [1.165, 1.54) is 5.57 Å². The number of H-pyrrole nitrogens is 1. The van der Waals surface area contributed by atoms with Gasteiger partial charge >= 0.3 is 5.76 Å². The predicted molar refractivity (Wildman–Crippen MR) is 119 cm³/mol. The number of ether oxygens (including phenoxy) is 1. The zero-order valence-electron chi connectivity index (χ0n) is 17.5. The molecule has 0 saturated carbocycles. The van der Waals surface area contributed by atoms with Crippen molar-refractivity contribution >= 4 is 28.5 Å². The Morgan fingerprint density at radius 3 is 2.87 bits per heavy atom. The highest BCUT2D eigenvalue weighted by Gasteiger charge is 2.30. The molecule has 30 heavy (non-hydrogen) atoms. The number of aliphatic imine (C=N–C) groups is 1. The van der Waals surface area contributed by atoms with Crippen LogP contribution in [0.2, 0.25) is 0 Å². The summed E-state index contributed by atoms with van der Waals surface area (Å²) >= 11 is 6.42. The van der Waals surface area contributed by atoms with Crippen molar-refractivity contribution in [3.8, 4) is 5.75 Å². The maximum atomic E-state index is 11.6. The molecular weight excluding hydrogens is 404 g/mol. The summed E-state index contributed by atoms with van der Waals surface area (Å²) in [6.45, 7) is 10.8. The van der Waals surface area contributed by atoms with Gasteiger partial charge in [-0.05, 0) is 51.5 Å². The van der Waals surface area contributed by atoms with Crippen molar-refractivity contribution in [1.29, 1.82) is 0 Å². The molecule has 158 valence electrons. The van der Waals surface area contributed by atoms with Crippen LogP contribution in [0.15, 0.2) is 66.7 Å². The van der Waals surface area contributed by atoms with Gasteiger partial charge < -0.3 is 19.0 Å². The molecule has 0 spiro atoms. The standard InChI is InChI=1S/C22H25ClN4O3/c1-5-26(6-2)20-13(3)11-27-12-15(23)10-16(21(27)25-20)14(4)29-18-9-7-8-17-19(18)30-22(28)24-17/h7-10,12,14H,5-6,11H2,1-4H3,(H,24,28). The molecule has 7 nitrogen and oxygen atoms in total. The summed E-state index contributed by atoms with van der Waals surface area (Å²) in [7, 11) is 0. The molecule has 4 rings (SSSR count). The summed E-state index contributed by atoms with van der Waals surface area (Å²) in [5.41, 5.74) is 3.06. The summed E-state index contributed by atoms with van der Waals surface area (Å²) in [5, 5.41) is 0.616. The van der Waals surface area contributed by atoms with Crippen molar-refractivity contribution in [2.45, 2.75) is 33.8 Å². The van der Waals surface area contributed by atoms with Gasteiger partial charge in [0.15, 0.2) is 11.3 Å². The SMILES string of the molecule is CCN(CC)C1=C(C)CN2C=C(Cl)C=C(C(C)Oc3cccc4[nH]c(=O)oc34)C2=N1. The van der Waals surface area contributed by atoms with Gasteiger partial charge in [-0.3, -0.25) is 4.98 Å². The second kappa shape index (κ2) is 8.07. The van der Waals surface area contributed by atoms with Crippen molar-refractivity contribution in [2.24, 2.45) is 4.99 Å². The number of nitrogens with zero attached hydrogens (tertiary/aromatic N) is 3. The molecule has 0 amide bonds. The summed E-state index contributed by atoms with van der Waals surface area (Å²) in [5.74, 6) is 1.80. The molecule has 0 bridgehead atoms. The minimum absolute atomic E-state index is 0.365. The van der Waals surface area contributed by atoms with Crippen molar-refractivity contribution in [2.75, 3.05) is 19.6 Å². The highest BCUT2D eigenvalue weighted by Crippen LogP contribution is 2.31. The number of para-hydroxylation sites is 1. The maximum Gasteiger partial charge on any atom is 0.417 e. The molecule has 0 aliphatic carbocycles. The Morgan fingerprint density at radius 2 is 2.13 bits per heavy atom. The average Bonchev–Trinajstić information content (AvgIpc) is 3.10. The van der Waals surface area contributed by atoms with Crippen LogP contribution in [0.3, 0.4) is 0 Å². The first kappa shape index (κ1) is 20.3. The summed E-state index contributed by atoms with van der Waals surface area (Å²) in [6.07, 6.45) is 3.41. The number of fused-ring (bicyclic) bond motifs is 2. The molecule has 3 heterocycles. The van der Waals surface area contributed by atoms with Crippen LogP contribution in [-0.4, -0.2) is 46.4 Å². The van der Waals surface area contributed by atoms with Crippen molar-refractivity contribution in [3.63, 3.8) is 0 Å². The second-order valence-corrected chi connectivity index (χ2v) is 7.80. The van der Waals surface area contributed by atoms with E-state index in [1.54, 1.807) is 12.1 Å². The Bertz CT molecular complexity index is 1150. The van der Waals surface area contributed by atoms with Gasteiger partial charge in [-0.25, -0.2) is 9.79 Å². The maximum absolute atomic E-state index is 11.6. The second-order valence-electron chi connectivity index (χ2n) is 7.36. The molecule has 0 radical (unpaired) electrons. The fourth-order valence-corrected chi connectivity index (χ4v) is 4.09. The van der Waals surface area contributed by atoms with Crippen molar-refractivity contribution < 1.29 is 9.15 Å². The highest BCUT2D eigenvalue weighted by molar-refractivity contribution is 6.32. The molecule has 2 aromatic rings. The van der Waals surface area contributed by atoms with Crippen LogP contribution < -0.4 is 10.5 Å². The molecule has 0 fully saturated rings. The van der Waals surface area contributed by atoms with E-state index in [0.29, 0.717) is 28.4 Å². The Kier molecular flexibility index (Phi) is 5.47. The topological polar surface area (TPSA) is 74.1 Å². The number of aromatic amines is 1. The third kappa shape index (κ3) is 3.65. The normalized spacial score (nSPS) is 17.4. The number of aromatic nitrogens is 1. The third-order valence-corrected chi connectivity index (χ3v) is 5.53. The van der Waals surface area contributed by atoms with E-state index >= 15 is 0 Å². The minimum Gasteiger partial charge on any atom is -0.482 e. The number of oxazole rings is 1. The van der Waals surface area contributed by atoms with Crippen molar-refractivity contribution in [1.82, 2.24) is 14.8 Å². The fourth-order valence-electron chi connectivity index (χ4n) is 3.85. The summed E-state index contributed by atoms with van der Waals surface area (Å²) < 4.78 is 11.5. The lowest BCUT2D eigenvalue weighted by Crippen LogP contribution is -2.40. The molecular formula is C22H25ClN4O3. The lowest BCUT2D eigenvalue weighted by Gasteiger charge is -2.36. The quantitative estimate of drug-likeness (QED) is 0.746. The van der Waals surface area contributed by atoms with Gasteiger partial charge in [-0.1, -0.05) is 17.7 Å². The molecule has 8 heteroatoms. The number of hydrogen-bond donors (Lipinski definition) is 1. The summed E-state index contributed by atoms with van der Waals surface area (Å²) in [6, 6.07) is 5.36. The van der Waals surface area contributed by atoms with Gasteiger partial charge in [-0.15, -0.1) is 0 Å². The van der Waals surface area contributed by atoms with E-state index in [-0.39, 0.29) is 6.10 Å². The van der Waals surface area contributed by atoms with Gasteiger partial charge in [-0.2, -0.15) is 0 Å². The number of allylic oxidation sites excluding steroid dienone is 2. The van der Waals surface area contributed by atoms with Gasteiger partial charge in [0.2, 0.25) is 0 Å². The molecule has 1 atom stereocenters. The van der Waals surface area contributed by atoms with E-state index < -0.39 is 5.76 Å². The van der Waals surface area contributed by atoms with Crippen LogP contribution >= 0.6 is 11.6 Å². The summed E-state index contributed by atoms with van der Waals surface area (Å²) in [4.78, 5) is 23.5.